The van der Waals surface area contributed by atoms with E-state index in [0.717, 1.165) is 12.4 Å². The molecule has 0 spiro atoms. The highest BCUT2D eigenvalue weighted by Crippen LogP contribution is 2.25. The molecule has 1 aliphatic rings. The Hall–Kier alpha value is -1.58. The van der Waals surface area contributed by atoms with Crippen molar-refractivity contribution < 1.29 is 4.79 Å². The van der Waals surface area contributed by atoms with Crippen LogP contribution in [0.5, 0.6) is 0 Å². The van der Waals surface area contributed by atoms with Gasteiger partial charge in [-0.2, -0.15) is 0 Å². The number of nitrogens with one attached hydrogen (secondary N) is 1. The van der Waals surface area contributed by atoms with Gasteiger partial charge in [0.15, 0.2) is 0 Å². The van der Waals surface area contributed by atoms with Gasteiger partial charge >= 0.3 is 0 Å². The molecule has 1 amide bonds. The maximum Gasteiger partial charge on any atom is 0.255 e. The normalized spacial score (nSPS) is 15.2. The molecule has 0 unspecified atom stereocenters. The summed E-state index contributed by atoms with van der Waals surface area (Å²) in [6.45, 7) is 0.792. The molecular weight excluding hydrogens is 214 g/mol. The Kier molecular flexibility index (Phi) is 3.61. The Morgan fingerprint density at radius 1 is 1.53 bits per heavy atom. The maximum absolute atomic E-state index is 12.0. The third kappa shape index (κ3) is 2.75. The van der Waals surface area contributed by atoms with Crippen LogP contribution in [-0.4, -0.2) is 31.5 Å². The van der Waals surface area contributed by atoms with Crippen molar-refractivity contribution in [1.29, 1.82) is 0 Å². The molecule has 1 fully saturated rings. The molecule has 0 aromatic carbocycles. The van der Waals surface area contributed by atoms with Crippen LogP contribution in [0.4, 0.5) is 5.82 Å². The third-order valence-electron chi connectivity index (χ3n) is 3.23. The smallest absolute Gasteiger partial charge is 0.255 e. The standard InChI is InChI=1S/C13H19N3O/c1-16(2)12-11(7-4-8-14-12)13(17)15-9-10-5-3-6-10/h4,7-8,10H,3,5-6,9H2,1-2H3,(H,15,17). The van der Waals surface area contributed by atoms with Gasteiger partial charge in [-0.3, -0.25) is 4.79 Å². The van der Waals surface area contributed by atoms with Crippen LogP contribution in [-0.2, 0) is 0 Å². The highest BCUT2D eigenvalue weighted by atomic mass is 16.1. The topological polar surface area (TPSA) is 45.2 Å². The Morgan fingerprint density at radius 2 is 2.29 bits per heavy atom. The monoisotopic (exact) mass is 233 g/mol. The van der Waals surface area contributed by atoms with Crippen molar-refractivity contribution in [3.63, 3.8) is 0 Å². The van der Waals surface area contributed by atoms with Crippen molar-refractivity contribution >= 4 is 11.7 Å². The Labute approximate surface area is 102 Å². The molecule has 0 bridgehead atoms. The summed E-state index contributed by atoms with van der Waals surface area (Å²) < 4.78 is 0. The minimum atomic E-state index is -0.0197. The van der Waals surface area contributed by atoms with Gasteiger partial charge < -0.3 is 10.2 Å². The highest BCUT2D eigenvalue weighted by Gasteiger charge is 2.19. The predicted octanol–water partition coefficient (Wildman–Crippen LogP) is 1.68. The molecular formula is C13H19N3O. The van der Waals surface area contributed by atoms with Crippen LogP contribution in [0, 0.1) is 5.92 Å². The number of amides is 1. The molecule has 0 atom stereocenters. The van der Waals surface area contributed by atoms with E-state index in [1.807, 2.05) is 25.1 Å². The van der Waals surface area contributed by atoms with Gasteiger partial charge in [0.05, 0.1) is 5.56 Å². The van der Waals surface area contributed by atoms with E-state index in [2.05, 4.69) is 10.3 Å². The first-order valence-corrected chi connectivity index (χ1v) is 6.09. The van der Waals surface area contributed by atoms with Crippen molar-refractivity contribution in [2.24, 2.45) is 5.92 Å². The van der Waals surface area contributed by atoms with Crippen molar-refractivity contribution in [1.82, 2.24) is 10.3 Å². The number of aromatic nitrogens is 1. The van der Waals surface area contributed by atoms with Crippen LogP contribution in [0.15, 0.2) is 18.3 Å². The van der Waals surface area contributed by atoms with Gasteiger partial charge in [0.1, 0.15) is 5.82 Å². The lowest BCUT2D eigenvalue weighted by atomic mass is 9.85. The number of hydrogen-bond donors (Lipinski definition) is 1. The zero-order valence-corrected chi connectivity index (χ0v) is 10.4. The molecule has 1 heterocycles. The first kappa shape index (κ1) is 11.9. The molecule has 4 nitrogen and oxygen atoms in total. The molecule has 1 saturated carbocycles. The summed E-state index contributed by atoms with van der Waals surface area (Å²) in [7, 11) is 3.79. The third-order valence-corrected chi connectivity index (χ3v) is 3.23. The first-order chi connectivity index (χ1) is 8.18. The lowest BCUT2D eigenvalue weighted by molar-refractivity contribution is 0.0939. The fourth-order valence-electron chi connectivity index (χ4n) is 1.96. The summed E-state index contributed by atoms with van der Waals surface area (Å²) >= 11 is 0. The molecule has 92 valence electrons. The van der Waals surface area contributed by atoms with Crippen molar-refractivity contribution in [3.8, 4) is 0 Å². The molecule has 0 aliphatic heterocycles. The summed E-state index contributed by atoms with van der Waals surface area (Å²) in [6.07, 6.45) is 5.50. The lowest BCUT2D eigenvalue weighted by Crippen LogP contribution is -2.33. The van der Waals surface area contributed by atoms with E-state index in [4.69, 9.17) is 0 Å². The maximum atomic E-state index is 12.0. The average molecular weight is 233 g/mol. The number of hydrogen-bond acceptors (Lipinski definition) is 3. The fraction of sp³-hybridized carbons (Fsp3) is 0.538. The Bertz CT molecular complexity index is 399. The number of carbonyl (C=O) groups excluding carboxylic acids is 1. The number of pyridine rings is 1. The number of anilines is 1. The SMILES string of the molecule is CN(C)c1ncccc1C(=O)NCC1CCC1. The van der Waals surface area contributed by atoms with Gasteiger partial charge in [-0.15, -0.1) is 0 Å². The minimum Gasteiger partial charge on any atom is -0.362 e. The van der Waals surface area contributed by atoms with E-state index in [-0.39, 0.29) is 5.91 Å². The van der Waals surface area contributed by atoms with Crippen LogP contribution in [0.25, 0.3) is 0 Å². The second kappa shape index (κ2) is 5.17. The van der Waals surface area contributed by atoms with E-state index in [1.165, 1.54) is 19.3 Å². The molecule has 1 aliphatic carbocycles. The van der Waals surface area contributed by atoms with E-state index in [1.54, 1.807) is 12.3 Å². The van der Waals surface area contributed by atoms with Crippen LogP contribution in [0.3, 0.4) is 0 Å². The van der Waals surface area contributed by atoms with Crippen molar-refractivity contribution in [2.45, 2.75) is 19.3 Å². The highest BCUT2D eigenvalue weighted by molar-refractivity contribution is 5.98. The molecule has 0 saturated heterocycles. The van der Waals surface area contributed by atoms with Gasteiger partial charge in [0, 0.05) is 26.8 Å². The van der Waals surface area contributed by atoms with Crippen LogP contribution >= 0.6 is 0 Å². The Balaban J connectivity index is 2.02. The van der Waals surface area contributed by atoms with Crippen molar-refractivity contribution in [3.05, 3.63) is 23.9 Å². The van der Waals surface area contributed by atoms with E-state index < -0.39 is 0 Å². The predicted molar refractivity (Wildman–Crippen MR) is 68.2 cm³/mol. The number of carbonyl (C=O) groups is 1. The zero-order chi connectivity index (χ0) is 12.3. The number of rotatable bonds is 4. The fourth-order valence-corrected chi connectivity index (χ4v) is 1.96. The summed E-state index contributed by atoms with van der Waals surface area (Å²) in [4.78, 5) is 18.1. The lowest BCUT2D eigenvalue weighted by Gasteiger charge is -2.25. The zero-order valence-electron chi connectivity index (χ0n) is 10.4. The van der Waals surface area contributed by atoms with Gasteiger partial charge in [-0.25, -0.2) is 4.98 Å². The van der Waals surface area contributed by atoms with Gasteiger partial charge in [-0.1, -0.05) is 6.42 Å². The average Bonchev–Trinajstić information content (AvgIpc) is 2.26. The second-order valence-electron chi connectivity index (χ2n) is 4.78. The van der Waals surface area contributed by atoms with Gasteiger partial charge in [0.2, 0.25) is 0 Å². The summed E-state index contributed by atoms with van der Waals surface area (Å²) in [5, 5.41) is 2.99. The molecule has 0 radical (unpaired) electrons. The Morgan fingerprint density at radius 3 is 2.88 bits per heavy atom. The minimum absolute atomic E-state index is 0.0197. The molecule has 4 heteroatoms. The van der Waals surface area contributed by atoms with Crippen LogP contribution in [0.2, 0.25) is 0 Å². The largest absolute Gasteiger partial charge is 0.362 e. The molecule has 1 aromatic rings. The van der Waals surface area contributed by atoms with E-state index in [0.29, 0.717) is 11.5 Å². The van der Waals surface area contributed by atoms with E-state index in [9.17, 15) is 4.79 Å². The van der Waals surface area contributed by atoms with E-state index >= 15 is 0 Å². The second-order valence-corrected chi connectivity index (χ2v) is 4.78. The first-order valence-electron chi connectivity index (χ1n) is 6.09. The summed E-state index contributed by atoms with van der Waals surface area (Å²) in [5.41, 5.74) is 0.650. The van der Waals surface area contributed by atoms with Crippen molar-refractivity contribution in [2.75, 3.05) is 25.5 Å². The molecule has 1 N–H and O–H groups in total. The quantitative estimate of drug-likeness (QED) is 0.860. The van der Waals surface area contributed by atoms with Crippen LogP contribution in [0.1, 0.15) is 29.6 Å². The summed E-state index contributed by atoms with van der Waals surface area (Å²) in [6, 6.07) is 3.61. The molecule has 2 rings (SSSR count). The number of nitrogens with zero attached hydrogens (tertiary/aromatic N) is 2. The molecule has 1 aromatic heterocycles. The van der Waals surface area contributed by atoms with Gasteiger partial charge in [0.25, 0.3) is 5.91 Å². The summed E-state index contributed by atoms with van der Waals surface area (Å²) in [5.74, 6) is 1.38. The van der Waals surface area contributed by atoms with Gasteiger partial charge in [-0.05, 0) is 30.9 Å². The van der Waals surface area contributed by atoms with Crippen LogP contribution < -0.4 is 10.2 Å². The molecule has 17 heavy (non-hydrogen) atoms.